The van der Waals surface area contributed by atoms with Crippen molar-refractivity contribution >= 4 is 6.03 Å². The first-order chi connectivity index (χ1) is 5.66. The van der Waals surface area contributed by atoms with E-state index >= 15 is 0 Å². The minimum absolute atomic E-state index is 0.157. The molecule has 0 rings (SSSR count). The first-order valence-electron chi connectivity index (χ1n) is 3.80. The van der Waals surface area contributed by atoms with Gasteiger partial charge in [0.25, 0.3) is 0 Å². The predicted octanol–water partition coefficient (Wildman–Crippen LogP) is -0.454. The van der Waals surface area contributed by atoms with Gasteiger partial charge in [-0.1, -0.05) is 0 Å². The molecule has 0 aliphatic rings. The van der Waals surface area contributed by atoms with Crippen LogP contribution < -0.4 is 16.4 Å². The van der Waals surface area contributed by atoms with Crippen LogP contribution >= 0.6 is 0 Å². The summed E-state index contributed by atoms with van der Waals surface area (Å²) in [6.45, 7) is 3.03. The third-order valence-electron chi connectivity index (χ3n) is 1.31. The zero-order valence-corrected chi connectivity index (χ0v) is 7.13. The van der Waals surface area contributed by atoms with Gasteiger partial charge in [-0.25, -0.2) is 4.79 Å². The van der Waals surface area contributed by atoms with Crippen molar-refractivity contribution in [1.29, 1.82) is 5.26 Å². The maximum absolute atomic E-state index is 10.2. The Labute approximate surface area is 71.9 Å². The first kappa shape index (κ1) is 10.7. The number of hydrogen-bond acceptors (Lipinski definition) is 3. The van der Waals surface area contributed by atoms with Crippen LogP contribution in [-0.2, 0) is 0 Å². The molecular weight excluding hydrogens is 156 g/mol. The molecule has 12 heavy (non-hydrogen) atoms. The van der Waals surface area contributed by atoms with E-state index < -0.39 is 6.03 Å². The van der Waals surface area contributed by atoms with Crippen molar-refractivity contribution in [2.24, 2.45) is 5.73 Å². The summed E-state index contributed by atoms with van der Waals surface area (Å²) in [6, 6.07) is 1.68. The summed E-state index contributed by atoms with van der Waals surface area (Å²) < 4.78 is 0. The number of rotatable bonds is 5. The van der Waals surface area contributed by atoms with E-state index in [2.05, 4.69) is 10.6 Å². The van der Waals surface area contributed by atoms with Crippen LogP contribution in [0.15, 0.2) is 0 Å². The normalized spacial score (nSPS) is 11.7. The van der Waals surface area contributed by atoms with Gasteiger partial charge in [0.2, 0.25) is 0 Å². The highest BCUT2D eigenvalue weighted by Gasteiger charge is 1.98. The molecule has 1 unspecified atom stereocenters. The molecule has 0 bridgehead atoms. The molecule has 0 fully saturated rings. The van der Waals surface area contributed by atoms with Crippen LogP contribution in [0.25, 0.3) is 0 Å². The van der Waals surface area contributed by atoms with E-state index in [1.165, 1.54) is 0 Å². The number of primary amides is 1. The summed E-state index contributed by atoms with van der Waals surface area (Å²) in [5.41, 5.74) is 4.84. The Balaban J connectivity index is 3.20. The monoisotopic (exact) mass is 170 g/mol. The van der Waals surface area contributed by atoms with E-state index in [4.69, 9.17) is 11.0 Å². The Bertz CT molecular complexity index is 175. The lowest BCUT2D eigenvalue weighted by Gasteiger charge is -2.09. The smallest absolute Gasteiger partial charge is 0.312 e. The molecule has 0 aliphatic heterocycles. The zero-order valence-electron chi connectivity index (χ0n) is 7.13. The molecule has 0 radical (unpaired) electrons. The number of nitriles is 1. The number of urea groups is 1. The molecule has 4 N–H and O–H groups in total. The van der Waals surface area contributed by atoms with Gasteiger partial charge in [-0.2, -0.15) is 5.26 Å². The number of hydrogen-bond donors (Lipinski definition) is 3. The van der Waals surface area contributed by atoms with Crippen LogP contribution in [-0.4, -0.2) is 25.2 Å². The van der Waals surface area contributed by atoms with E-state index in [1.807, 2.05) is 13.0 Å². The summed E-state index contributed by atoms with van der Waals surface area (Å²) in [5.74, 6) is 0. The van der Waals surface area contributed by atoms with Crippen LogP contribution in [0.3, 0.4) is 0 Å². The topological polar surface area (TPSA) is 90.9 Å². The fourth-order valence-corrected chi connectivity index (χ4v) is 0.713. The second-order valence-electron chi connectivity index (χ2n) is 2.51. The van der Waals surface area contributed by atoms with Crippen LogP contribution in [0.5, 0.6) is 0 Å². The minimum Gasteiger partial charge on any atom is -0.352 e. The van der Waals surface area contributed by atoms with Gasteiger partial charge in [-0.05, 0) is 6.92 Å². The van der Waals surface area contributed by atoms with Crippen LogP contribution in [0.4, 0.5) is 4.79 Å². The number of amides is 2. The zero-order chi connectivity index (χ0) is 9.40. The second kappa shape index (κ2) is 6.43. The molecule has 2 amide bonds. The maximum Gasteiger partial charge on any atom is 0.312 e. The Morgan fingerprint density at radius 2 is 2.33 bits per heavy atom. The number of nitrogens with one attached hydrogen (secondary N) is 2. The largest absolute Gasteiger partial charge is 0.352 e. The SMILES string of the molecule is CC(CC#N)NCCNC(N)=O. The van der Waals surface area contributed by atoms with Crippen molar-refractivity contribution in [3.8, 4) is 6.07 Å². The molecule has 5 nitrogen and oxygen atoms in total. The molecule has 1 atom stereocenters. The lowest BCUT2D eigenvalue weighted by atomic mass is 10.2. The standard InChI is InChI=1S/C7H14N4O/c1-6(2-3-8)10-4-5-11-7(9)12/h6,10H,2,4-5H2,1H3,(H3,9,11,12). The van der Waals surface area contributed by atoms with Crippen molar-refractivity contribution in [3.63, 3.8) is 0 Å². The van der Waals surface area contributed by atoms with Crippen LogP contribution in [0, 0.1) is 11.3 Å². The van der Waals surface area contributed by atoms with Gasteiger partial charge in [0.15, 0.2) is 0 Å². The van der Waals surface area contributed by atoms with E-state index in [0.717, 1.165) is 0 Å². The van der Waals surface area contributed by atoms with Crippen molar-refractivity contribution in [2.75, 3.05) is 13.1 Å². The van der Waals surface area contributed by atoms with Crippen LogP contribution in [0.1, 0.15) is 13.3 Å². The number of nitrogens with two attached hydrogens (primary N) is 1. The number of carbonyl (C=O) groups is 1. The van der Waals surface area contributed by atoms with Crippen LogP contribution in [0.2, 0.25) is 0 Å². The van der Waals surface area contributed by atoms with E-state index in [-0.39, 0.29) is 6.04 Å². The molecule has 0 saturated carbocycles. The molecule has 0 aromatic rings. The first-order valence-corrected chi connectivity index (χ1v) is 3.80. The van der Waals surface area contributed by atoms with Gasteiger partial charge >= 0.3 is 6.03 Å². The molecule has 68 valence electrons. The summed E-state index contributed by atoms with van der Waals surface area (Å²) in [6.07, 6.45) is 0.469. The van der Waals surface area contributed by atoms with Crippen molar-refractivity contribution in [3.05, 3.63) is 0 Å². The number of carbonyl (C=O) groups excluding carboxylic acids is 1. The molecule has 0 aliphatic carbocycles. The molecular formula is C7H14N4O. The highest BCUT2D eigenvalue weighted by molar-refractivity contribution is 5.71. The molecule has 0 saturated heterocycles. The van der Waals surface area contributed by atoms with E-state index in [0.29, 0.717) is 19.5 Å². The summed E-state index contributed by atoms with van der Waals surface area (Å²) in [4.78, 5) is 10.2. The van der Waals surface area contributed by atoms with Crippen molar-refractivity contribution in [2.45, 2.75) is 19.4 Å². The predicted molar refractivity (Wildman–Crippen MR) is 45.3 cm³/mol. The average molecular weight is 170 g/mol. The molecule has 0 spiro atoms. The summed E-state index contributed by atoms with van der Waals surface area (Å²) in [5, 5.41) is 13.8. The highest BCUT2D eigenvalue weighted by atomic mass is 16.2. The Morgan fingerprint density at radius 3 is 2.83 bits per heavy atom. The van der Waals surface area contributed by atoms with Gasteiger partial charge in [-0.15, -0.1) is 0 Å². The lowest BCUT2D eigenvalue weighted by molar-refractivity contribution is 0.249. The Kier molecular flexibility index (Phi) is 5.75. The van der Waals surface area contributed by atoms with E-state index in [9.17, 15) is 4.79 Å². The van der Waals surface area contributed by atoms with Gasteiger partial charge < -0.3 is 16.4 Å². The Hall–Kier alpha value is -1.28. The number of nitrogens with zero attached hydrogens (tertiary/aromatic N) is 1. The Morgan fingerprint density at radius 1 is 1.67 bits per heavy atom. The summed E-state index contributed by atoms with van der Waals surface area (Å²) in [7, 11) is 0. The van der Waals surface area contributed by atoms with Gasteiger partial charge in [0.1, 0.15) is 0 Å². The highest BCUT2D eigenvalue weighted by Crippen LogP contribution is 1.85. The minimum atomic E-state index is -0.523. The maximum atomic E-state index is 10.2. The van der Waals surface area contributed by atoms with Gasteiger partial charge in [-0.3, -0.25) is 0 Å². The molecule has 0 aromatic carbocycles. The second-order valence-corrected chi connectivity index (χ2v) is 2.51. The van der Waals surface area contributed by atoms with Crippen molar-refractivity contribution < 1.29 is 4.79 Å². The molecule has 5 heteroatoms. The third-order valence-corrected chi connectivity index (χ3v) is 1.31. The summed E-state index contributed by atoms with van der Waals surface area (Å²) >= 11 is 0. The van der Waals surface area contributed by atoms with Gasteiger partial charge in [0.05, 0.1) is 12.5 Å². The lowest BCUT2D eigenvalue weighted by Crippen LogP contribution is -2.37. The molecule has 0 aromatic heterocycles. The van der Waals surface area contributed by atoms with Crippen molar-refractivity contribution in [1.82, 2.24) is 10.6 Å². The quantitative estimate of drug-likeness (QED) is 0.488. The van der Waals surface area contributed by atoms with E-state index in [1.54, 1.807) is 0 Å². The average Bonchev–Trinajstić information content (AvgIpc) is 1.98. The fraction of sp³-hybridized carbons (Fsp3) is 0.714. The molecule has 0 heterocycles. The third kappa shape index (κ3) is 6.83. The van der Waals surface area contributed by atoms with Gasteiger partial charge in [0, 0.05) is 19.1 Å². The fourth-order valence-electron chi connectivity index (χ4n) is 0.713.